The maximum absolute atomic E-state index is 13.8. The Balaban J connectivity index is 3.02. The Bertz CT molecular complexity index is 575. The summed E-state index contributed by atoms with van der Waals surface area (Å²) in [6.07, 6.45) is 1.11. The van der Waals surface area contributed by atoms with Crippen molar-refractivity contribution in [3.63, 3.8) is 0 Å². The van der Waals surface area contributed by atoms with E-state index in [4.69, 9.17) is 16.3 Å². The van der Waals surface area contributed by atoms with Crippen LogP contribution in [0.3, 0.4) is 0 Å². The van der Waals surface area contributed by atoms with Gasteiger partial charge in [-0.05, 0) is 41.9 Å². The Morgan fingerprint density at radius 3 is 2.70 bits per heavy atom. The maximum atomic E-state index is 13.8. The molecule has 0 radical (unpaired) electrons. The Morgan fingerprint density at radius 1 is 1.50 bits per heavy atom. The largest absolute Gasteiger partial charge is 0.462 e. The summed E-state index contributed by atoms with van der Waals surface area (Å²) in [5.41, 5.74) is -0.123. The van der Waals surface area contributed by atoms with Gasteiger partial charge in [0.2, 0.25) is 0 Å². The summed E-state index contributed by atoms with van der Waals surface area (Å²) in [6, 6.07) is 2.87. The van der Waals surface area contributed by atoms with E-state index < -0.39 is 17.6 Å². The number of halogens is 3. The molecule has 20 heavy (non-hydrogen) atoms. The van der Waals surface area contributed by atoms with Crippen molar-refractivity contribution in [2.24, 2.45) is 0 Å². The number of ketones is 1. The molecule has 1 N–H and O–H groups in total. The van der Waals surface area contributed by atoms with Gasteiger partial charge in [-0.1, -0.05) is 11.6 Å². The van der Waals surface area contributed by atoms with Crippen LogP contribution in [0.5, 0.6) is 0 Å². The van der Waals surface area contributed by atoms with Crippen molar-refractivity contribution in [1.29, 1.82) is 0 Å². The van der Waals surface area contributed by atoms with Crippen molar-refractivity contribution < 1.29 is 18.7 Å². The van der Waals surface area contributed by atoms with E-state index >= 15 is 0 Å². The summed E-state index contributed by atoms with van der Waals surface area (Å²) in [6.45, 7) is 2.99. The van der Waals surface area contributed by atoms with E-state index in [0.717, 1.165) is 6.20 Å². The molecule has 7 heteroatoms. The van der Waals surface area contributed by atoms with Gasteiger partial charge in [-0.3, -0.25) is 4.79 Å². The zero-order chi connectivity index (χ0) is 15.3. The van der Waals surface area contributed by atoms with E-state index in [1.54, 1.807) is 6.92 Å². The van der Waals surface area contributed by atoms with Crippen LogP contribution in [0.1, 0.15) is 13.8 Å². The molecular weight excluding hydrogens is 353 g/mol. The quantitative estimate of drug-likeness (QED) is 0.285. The summed E-state index contributed by atoms with van der Waals surface area (Å²) in [7, 11) is 0. The van der Waals surface area contributed by atoms with Crippen molar-refractivity contribution >= 4 is 45.0 Å². The van der Waals surface area contributed by atoms with Crippen LogP contribution in [0.2, 0.25) is 5.02 Å². The number of esters is 1. The lowest BCUT2D eigenvalue weighted by Gasteiger charge is -2.08. The Hall–Kier alpha value is -1.40. The van der Waals surface area contributed by atoms with E-state index in [2.05, 4.69) is 21.2 Å². The van der Waals surface area contributed by atoms with Crippen LogP contribution in [-0.2, 0) is 14.3 Å². The second kappa shape index (κ2) is 7.40. The minimum absolute atomic E-state index is 0.0734. The summed E-state index contributed by atoms with van der Waals surface area (Å²) in [5, 5.41) is 2.77. The molecular formula is C13H12BrClFNO3. The number of hydrogen-bond acceptors (Lipinski definition) is 4. The third-order valence-corrected chi connectivity index (χ3v) is 3.60. The van der Waals surface area contributed by atoms with Crippen LogP contribution in [0.15, 0.2) is 28.4 Å². The number of carbonyl (C=O) groups is 2. The van der Waals surface area contributed by atoms with Crippen LogP contribution in [0, 0.1) is 5.82 Å². The van der Waals surface area contributed by atoms with Crippen molar-refractivity contribution in [3.8, 4) is 0 Å². The average Bonchev–Trinajstić information content (AvgIpc) is 2.38. The standard InChI is InChI=1S/C13H12BrClFNO3/c1-3-20-13(19)8(7(2)18)6-17-10-5-4-9(15)11(14)12(10)16/h4-6,17H,3H2,1-2H3/b8-6-. The van der Waals surface area contributed by atoms with Gasteiger partial charge < -0.3 is 10.1 Å². The predicted molar refractivity (Wildman–Crippen MR) is 78.1 cm³/mol. The number of rotatable bonds is 5. The van der Waals surface area contributed by atoms with E-state index in [1.807, 2.05) is 0 Å². The Morgan fingerprint density at radius 2 is 2.15 bits per heavy atom. The fourth-order valence-corrected chi connectivity index (χ4v) is 1.79. The normalized spacial score (nSPS) is 11.2. The Kier molecular flexibility index (Phi) is 6.16. The van der Waals surface area contributed by atoms with Gasteiger partial charge >= 0.3 is 5.97 Å². The van der Waals surface area contributed by atoms with Crippen molar-refractivity contribution in [2.45, 2.75) is 13.8 Å². The summed E-state index contributed by atoms with van der Waals surface area (Å²) in [4.78, 5) is 22.9. The lowest BCUT2D eigenvalue weighted by molar-refractivity contribution is -0.139. The summed E-state index contributed by atoms with van der Waals surface area (Å²) >= 11 is 8.73. The molecule has 0 unspecified atom stereocenters. The number of benzene rings is 1. The van der Waals surface area contributed by atoms with Gasteiger partial charge in [0, 0.05) is 6.20 Å². The molecule has 0 fully saturated rings. The second-order valence-electron chi connectivity index (χ2n) is 3.70. The molecule has 0 spiro atoms. The minimum Gasteiger partial charge on any atom is -0.462 e. The molecule has 0 aliphatic carbocycles. The molecule has 4 nitrogen and oxygen atoms in total. The first kappa shape index (κ1) is 16.7. The first-order chi connectivity index (χ1) is 9.38. The second-order valence-corrected chi connectivity index (χ2v) is 4.90. The molecule has 0 bridgehead atoms. The molecule has 0 heterocycles. The summed E-state index contributed by atoms with van der Waals surface area (Å²) in [5.74, 6) is -1.87. The van der Waals surface area contributed by atoms with Gasteiger partial charge in [-0.15, -0.1) is 0 Å². The molecule has 108 valence electrons. The van der Waals surface area contributed by atoms with Gasteiger partial charge in [0.1, 0.15) is 5.57 Å². The predicted octanol–water partition coefficient (Wildman–Crippen LogP) is 3.69. The third kappa shape index (κ3) is 4.05. The van der Waals surface area contributed by atoms with Crippen molar-refractivity contribution in [1.82, 2.24) is 0 Å². The molecule has 0 amide bonds. The highest BCUT2D eigenvalue weighted by atomic mass is 79.9. The molecule has 1 rings (SSSR count). The molecule has 0 aliphatic heterocycles. The zero-order valence-corrected chi connectivity index (χ0v) is 13.1. The molecule has 0 atom stereocenters. The number of nitrogens with one attached hydrogen (secondary N) is 1. The molecule has 0 aromatic heterocycles. The van der Waals surface area contributed by atoms with Gasteiger partial charge in [0.25, 0.3) is 0 Å². The number of hydrogen-bond donors (Lipinski definition) is 1. The number of anilines is 1. The van der Waals surface area contributed by atoms with Gasteiger partial charge in [-0.25, -0.2) is 9.18 Å². The SMILES string of the molecule is CCOC(=O)/C(=C\Nc1ccc(Cl)c(Br)c1F)C(C)=O. The fourth-order valence-electron chi connectivity index (χ4n) is 1.30. The van der Waals surface area contributed by atoms with Crippen molar-refractivity contribution in [2.75, 3.05) is 11.9 Å². The molecule has 0 aliphatic rings. The van der Waals surface area contributed by atoms with Gasteiger partial charge in [-0.2, -0.15) is 0 Å². The van der Waals surface area contributed by atoms with E-state index in [-0.39, 0.29) is 27.4 Å². The van der Waals surface area contributed by atoms with E-state index in [9.17, 15) is 14.0 Å². The van der Waals surface area contributed by atoms with Crippen LogP contribution < -0.4 is 5.32 Å². The zero-order valence-electron chi connectivity index (χ0n) is 10.8. The van der Waals surface area contributed by atoms with Crippen LogP contribution in [-0.4, -0.2) is 18.4 Å². The minimum atomic E-state index is -0.763. The van der Waals surface area contributed by atoms with Crippen LogP contribution >= 0.6 is 27.5 Å². The lowest BCUT2D eigenvalue weighted by atomic mass is 10.2. The maximum Gasteiger partial charge on any atom is 0.343 e. The van der Waals surface area contributed by atoms with Gasteiger partial charge in [0.15, 0.2) is 11.6 Å². The molecule has 1 aromatic rings. The molecule has 1 aromatic carbocycles. The van der Waals surface area contributed by atoms with E-state index in [1.165, 1.54) is 19.1 Å². The van der Waals surface area contributed by atoms with Crippen LogP contribution in [0.25, 0.3) is 0 Å². The topological polar surface area (TPSA) is 55.4 Å². The smallest absolute Gasteiger partial charge is 0.343 e. The summed E-state index contributed by atoms with van der Waals surface area (Å²) < 4.78 is 18.7. The van der Waals surface area contributed by atoms with Crippen LogP contribution in [0.4, 0.5) is 10.1 Å². The van der Waals surface area contributed by atoms with E-state index in [0.29, 0.717) is 0 Å². The van der Waals surface area contributed by atoms with Gasteiger partial charge in [0.05, 0.1) is 21.8 Å². The number of carbonyl (C=O) groups excluding carboxylic acids is 2. The molecule has 0 saturated carbocycles. The number of Topliss-reactive ketones (excluding diaryl/α,β-unsaturated/α-hetero) is 1. The fraction of sp³-hybridized carbons (Fsp3) is 0.231. The lowest BCUT2D eigenvalue weighted by Crippen LogP contribution is -2.15. The third-order valence-electron chi connectivity index (χ3n) is 2.28. The Labute approximate surface area is 129 Å². The first-order valence-corrected chi connectivity index (χ1v) is 6.83. The van der Waals surface area contributed by atoms with Crippen molar-refractivity contribution in [3.05, 3.63) is 39.2 Å². The number of ether oxygens (including phenoxy) is 1. The monoisotopic (exact) mass is 363 g/mol. The molecule has 0 saturated heterocycles. The first-order valence-electron chi connectivity index (χ1n) is 5.66. The average molecular weight is 365 g/mol. The highest BCUT2D eigenvalue weighted by Gasteiger charge is 2.16. The highest BCUT2D eigenvalue weighted by molar-refractivity contribution is 9.10. The highest BCUT2D eigenvalue weighted by Crippen LogP contribution is 2.30.